The van der Waals surface area contributed by atoms with E-state index in [0.29, 0.717) is 16.5 Å². The fraction of sp³-hybridized carbons (Fsp3) is 0.364. The average Bonchev–Trinajstić information content (AvgIpc) is 3.08. The van der Waals surface area contributed by atoms with Gasteiger partial charge in [0.05, 0.1) is 10.5 Å². The molecule has 1 aromatic carbocycles. The summed E-state index contributed by atoms with van der Waals surface area (Å²) in [4.78, 5) is 4.36. The lowest BCUT2D eigenvalue weighted by Gasteiger charge is -2.12. The van der Waals surface area contributed by atoms with Crippen molar-refractivity contribution in [1.29, 1.82) is 0 Å². The number of nitrogens with two attached hydrogens (primary N) is 1. The maximum absolute atomic E-state index is 13.3. The van der Waals surface area contributed by atoms with Crippen molar-refractivity contribution in [2.24, 2.45) is 10.8 Å². The van der Waals surface area contributed by atoms with E-state index in [1.54, 1.807) is 6.07 Å². The van der Waals surface area contributed by atoms with Crippen molar-refractivity contribution in [1.82, 2.24) is 5.43 Å². The molecule has 0 unspecified atom stereocenters. The van der Waals surface area contributed by atoms with Gasteiger partial charge in [-0.3, -0.25) is 5.43 Å². The van der Waals surface area contributed by atoms with Crippen molar-refractivity contribution in [2.75, 3.05) is 5.32 Å². The third-order valence-electron chi connectivity index (χ3n) is 2.52. The number of rotatable bonds is 2. The maximum Gasteiger partial charge on any atom is 0.210 e. The Hall–Kier alpha value is -1.14. The molecule has 1 aliphatic carbocycles. The normalized spacial score (nSPS) is 15.9. The molecule has 0 radical (unpaired) electrons. The minimum absolute atomic E-state index is 0.283. The number of hydrogen-bond donors (Lipinski definition) is 3. The first-order chi connectivity index (χ1) is 8.10. The fourth-order valence-corrected chi connectivity index (χ4v) is 1.74. The van der Waals surface area contributed by atoms with Crippen LogP contribution in [0.3, 0.4) is 0 Å². The Morgan fingerprint density at radius 2 is 2.24 bits per heavy atom. The highest BCUT2D eigenvalue weighted by Crippen LogP contribution is 2.26. The monoisotopic (exact) mass is 300 g/mol. The molecule has 1 aromatic rings. The highest BCUT2D eigenvalue weighted by molar-refractivity contribution is 9.10. The van der Waals surface area contributed by atoms with Crippen molar-refractivity contribution in [3.05, 3.63) is 28.0 Å². The Bertz CT molecular complexity index is 457. The summed E-state index contributed by atoms with van der Waals surface area (Å²) in [5.74, 6) is 5.61. The Morgan fingerprint density at radius 3 is 2.82 bits per heavy atom. The molecule has 0 spiro atoms. The van der Waals surface area contributed by atoms with E-state index in [2.05, 4.69) is 31.7 Å². The van der Waals surface area contributed by atoms with Gasteiger partial charge in [-0.2, -0.15) is 0 Å². The molecule has 0 aliphatic heterocycles. The highest BCUT2D eigenvalue weighted by atomic mass is 79.9. The molecule has 6 heteroatoms. The first-order valence-electron chi connectivity index (χ1n) is 5.37. The lowest BCUT2D eigenvalue weighted by molar-refractivity contribution is 0.620. The number of benzene rings is 1. The van der Waals surface area contributed by atoms with E-state index in [1.165, 1.54) is 6.07 Å². The summed E-state index contributed by atoms with van der Waals surface area (Å²) in [7, 11) is 0. The summed E-state index contributed by atoms with van der Waals surface area (Å²) in [5, 5.41) is 3.05. The van der Waals surface area contributed by atoms with Gasteiger partial charge >= 0.3 is 0 Å². The molecule has 0 amide bonds. The van der Waals surface area contributed by atoms with Crippen LogP contribution >= 0.6 is 15.9 Å². The largest absolute Gasteiger partial charge is 0.325 e. The molecule has 0 saturated heterocycles. The lowest BCUT2D eigenvalue weighted by Crippen LogP contribution is -2.36. The van der Waals surface area contributed by atoms with Gasteiger partial charge in [-0.25, -0.2) is 15.2 Å². The predicted molar refractivity (Wildman–Crippen MR) is 70.2 cm³/mol. The van der Waals surface area contributed by atoms with E-state index in [0.717, 1.165) is 24.1 Å². The van der Waals surface area contributed by atoms with E-state index < -0.39 is 0 Å². The van der Waals surface area contributed by atoms with Crippen LogP contribution in [-0.4, -0.2) is 12.0 Å². The number of hydrogen-bond acceptors (Lipinski definition) is 2. The second-order valence-electron chi connectivity index (χ2n) is 4.06. The van der Waals surface area contributed by atoms with Crippen LogP contribution in [0.5, 0.6) is 0 Å². The summed E-state index contributed by atoms with van der Waals surface area (Å²) in [6.07, 6.45) is 2.19. The SMILES string of the molecule is Cc1cc(F)c(Br)cc1NC(=NC1CC1)NN. The van der Waals surface area contributed by atoms with Crippen LogP contribution in [-0.2, 0) is 0 Å². The molecule has 1 saturated carbocycles. The second kappa shape index (κ2) is 5.01. The fourth-order valence-electron chi connectivity index (χ4n) is 1.40. The molecule has 17 heavy (non-hydrogen) atoms. The Labute approximate surface area is 108 Å². The van der Waals surface area contributed by atoms with E-state index >= 15 is 0 Å². The Kier molecular flexibility index (Phi) is 3.63. The molecule has 0 atom stereocenters. The van der Waals surface area contributed by atoms with Crippen LogP contribution in [0.25, 0.3) is 0 Å². The minimum atomic E-state index is -0.283. The Morgan fingerprint density at radius 1 is 1.53 bits per heavy atom. The van der Waals surface area contributed by atoms with Crippen molar-refractivity contribution in [3.8, 4) is 0 Å². The number of hydrazine groups is 1. The summed E-state index contributed by atoms with van der Waals surface area (Å²) in [5.41, 5.74) is 4.08. The van der Waals surface area contributed by atoms with E-state index in [9.17, 15) is 4.39 Å². The van der Waals surface area contributed by atoms with Crippen molar-refractivity contribution in [3.63, 3.8) is 0 Å². The molecular formula is C11H14BrFN4. The smallest absolute Gasteiger partial charge is 0.210 e. The second-order valence-corrected chi connectivity index (χ2v) is 4.91. The van der Waals surface area contributed by atoms with Gasteiger partial charge in [-0.15, -0.1) is 0 Å². The van der Waals surface area contributed by atoms with Crippen LogP contribution in [0.2, 0.25) is 0 Å². The molecule has 0 aromatic heterocycles. The van der Waals surface area contributed by atoms with Gasteiger partial charge in [0.25, 0.3) is 0 Å². The number of nitrogens with one attached hydrogen (secondary N) is 2. The van der Waals surface area contributed by atoms with E-state index in [1.807, 2.05) is 6.92 Å². The molecule has 1 aliphatic rings. The number of halogens is 2. The van der Waals surface area contributed by atoms with Gasteiger partial charge in [0, 0.05) is 5.69 Å². The van der Waals surface area contributed by atoms with Crippen LogP contribution < -0.4 is 16.6 Å². The van der Waals surface area contributed by atoms with Crippen molar-refractivity contribution >= 4 is 27.6 Å². The molecule has 0 heterocycles. The summed E-state index contributed by atoms with van der Waals surface area (Å²) in [6, 6.07) is 3.49. The van der Waals surface area contributed by atoms with Gasteiger partial charge in [0.15, 0.2) is 0 Å². The molecule has 2 rings (SSSR count). The van der Waals surface area contributed by atoms with Gasteiger partial charge in [-0.05, 0) is 53.4 Å². The molecule has 92 valence electrons. The number of guanidine groups is 1. The first kappa shape index (κ1) is 12.3. The zero-order valence-electron chi connectivity index (χ0n) is 9.43. The first-order valence-corrected chi connectivity index (χ1v) is 6.16. The average molecular weight is 301 g/mol. The molecular weight excluding hydrogens is 287 g/mol. The van der Waals surface area contributed by atoms with Crippen molar-refractivity contribution in [2.45, 2.75) is 25.8 Å². The Balaban J connectivity index is 2.19. The zero-order valence-corrected chi connectivity index (χ0v) is 11.0. The van der Waals surface area contributed by atoms with Gasteiger partial charge in [0.1, 0.15) is 5.82 Å². The van der Waals surface area contributed by atoms with Crippen LogP contribution in [0, 0.1) is 12.7 Å². The summed E-state index contributed by atoms with van der Waals surface area (Å²) in [6.45, 7) is 1.82. The number of anilines is 1. The third-order valence-corrected chi connectivity index (χ3v) is 3.12. The number of nitrogens with zero attached hydrogens (tertiary/aromatic N) is 1. The minimum Gasteiger partial charge on any atom is -0.325 e. The predicted octanol–water partition coefficient (Wildman–Crippen LogP) is 2.29. The highest BCUT2D eigenvalue weighted by Gasteiger charge is 2.21. The standard InChI is InChI=1S/C11H14BrFN4/c1-6-4-9(13)8(12)5-10(6)16-11(17-14)15-7-2-3-7/h4-5,7H,2-3,14H2,1H3,(H2,15,16,17). The lowest BCUT2D eigenvalue weighted by atomic mass is 10.2. The van der Waals surface area contributed by atoms with Crippen LogP contribution in [0.15, 0.2) is 21.6 Å². The topological polar surface area (TPSA) is 62.4 Å². The quantitative estimate of drug-likeness (QED) is 0.340. The number of aliphatic imine (C=N–C) groups is 1. The van der Waals surface area contributed by atoms with Crippen molar-refractivity contribution < 1.29 is 4.39 Å². The maximum atomic E-state index is 13.3. The molecule has 0 bridgehead atoms. The van der Waals surface area contributed by atoms with Crippen LogP contribution in [0.4, 0.5) is 10.1 Å². The zero-order chi connectivity index (χ0) is 12.4. The summed E-state index contributed by atoms with van der Waals surface area (Å²) < 4.78 is 13.7. The third kappa shape index (κ3) is 3.17. The van der Waals surface area contributed by atoms with Gasteiger partial charge in [0.2, 0.25) is 5.96 Å². The number of aryl methyl sites for hydroxylation is 1. The molecule has 1 fully saturated rings. The van der Waals surface area contributed by atoms with E-state index in [-0.39, 0.29) is 5.82 Å². The van der Waals surface area contributed by atoms with Gasteiger partial charge in [-0.1, -0.05) is 0 Å². The summed E-state index contributed by atoms with van der Waals surface area (Å²) >= 11 is 3.15. The molecule has 4 nitrogen and oxygen atoms in total. The van der Waals surface area contributed by atoms with Crippen LogP contribution in [0.1, 0.15) is 18.4 Å². The van der Waals surface area contributed by atoms with E-state index in [4.69, 9.17) is 5.84 Å². The molecule has 4 N–H and O–H groups in total. The van der Waals surface area contributed by atoms with Gasteiger partial charge < -0.3 is 5.32 Å².